The van der Waals surface area contributed by atoms with Crippen LogP contribution < -0.4 is 10.1 Å². The Balaban J connectivity index is 2.12. The summed E-state index contributed by atoms with van der Waals surface area (Å²) in [7, 11) is 0. The summed E-state index contributed by atoms with van der Waals surface area (Å²) in [6, 6.07) is 3.88. The van der Waals surface area contributed by atoms with E-state index in [1.54, 1.807) is 13.0 Å². The van der Waals surface area contributed by atoms with E-state index < -0.39 is 11.9 Å². The number of Topliss-reactive ketones (excluding diaryl/α,β-unsaturated/α-hetero) is 1. The van der Waals surface area contributed by atoms with Gasteiger partial charge in [-0.2, -0.15) is 0 Å². The average molecular weight is 253 g/mol. The minimum atomic E-state index is -0.514. The van der Waals surface area contributed by atoms with Crippen molar-refractivity contribution in [3.63, 3.8) is 0 Å². The van der Waals surface area contributed by atoms with Gasteiger partial charge >= 0.3 is 0 Å². The third-order valence-corrected chi connectivity index (χ3v) is 2.75. The highest BCUT2D eigenvalue weighted by atomic mass is 19.1. The number of halogens is 1. The fraction of sp³-hybridized carbons (Fsp3) is 0.462. The molecule has 0 amide bonds. The first kappa shape index (κ1) is 13.0. The average Bonchev–Trinajstić information content (AvgIpc) is 2.41. The predicted octanol–water partition coefficient (Wildman–Crippen LogP) is 1.40. The van der Waals surface area contributed by atoms with Crippen molar-refractivity contribution in [2.45, 2.75) is 13.0 Å². The first-order valence-corrected chi connectivity index (χ1v) is 6.00. The summed E-state index contributed by atoms with van der Waals surface area (Å²) in [5.41, 5.74) is 0.332. The van der Waals surface area contributed by atoms with Crippen LogP contribution in [0.1, 0.15) is 17.3 Å². The number of nitrogens with one attached hydrogen (secondary N) is 1. The molecule has 0 saturated carbocycles. The third-order valence-electron chi connectivity index (χ3n) is 2.75. The zero-order valence-electron chi connectivity index (χ0n) is 10.2. The van der Waals surface area contributed by atoms with E-state index in [1.807, 2.05) is 0 Å². The highest BCUT2D eigenvalue weighted by Crippen LogP contribution is 2.19. The van der Waals surface area contributed by atoms with Crippen molar-refractivity contribution in [3.05, 3.63) is 29.6 Å². The van der Waals surface area contributed by atoms with Crippen LogP contribution in [0.4, 0.5) is 4.39 Å². The van der Waals surface area contributed by atoms with Gasteiger partial charge in [0.25, 0.3) is 0 Å². The van der Waals surface area contributed by atoms with Crippen LogP contribution in [0.5, 0.6) is 5.75 Å². The van der Waals surface area contributed by atoms with Gasteiger partial charge < -0.3 is 14.8 Å². The highest BCUT2D eigenvalue weighted by molar-refractivity contribution is 6.00. The molecule has 4 nitrogen and oxygen atoms in total. The highest BCUT2D eigenvalue weighted by Gasteiger charge is 2.23. The molecular formula is C13H16FNO3. The molecule has 1 aliphatic heterocycles. The lowest BCUT2D eigenvalue weighted by Gasteiger charge is -2.22. The van der Waals surface area contributed by atoms with Crippen molar-refractivity contribution in [1.82, 2.24) is 5.32 Å². The van der Waals surface area contributed by atoms with Gasteiger partial charge in [0.2, 0.25) is 0 Å². The molecule has 1 fully saturated rings. The summed E-state index contributed by atoms with van der Waals surface area (Å²) in [6.45, 7) is 3.73. The van der Waals surface area contributed by atoms with E-state index >= 15 is 0 Å². The number of hydrogen-bond acceptors (Lipinski definition) is 4. The van der Waals surface area contributed by atoms with Crippen molar-refractivity contribution >= 4 is 5.78 Å². The molecule has 2 rings (SSSR count). The van der Waals surface area contributed by atoms with E-state index in [2.05, 4.69) is 5.32 Å². The second-order valence-corrected chi connectivity index (χ2v) is 4.02. The maximum absolute atomic E-state index is 13.6. The molecule has 1 aromatic rings. The van der Waals surface area contributed by atoms with Crippen molar-refractivity contribution in [2.24, 2.45) is 0 Å². The Hall–Kier alpha value is -1.46. The van der Waals surface area contributed by atoms with Crippen molar-refractivity contribution < 1.29 is 18.7 Å². The number of hydrogen-bond donors (Lipinski definition) is 1. The predicted molar refractivity (Wildman–Crippen MR) is 64.5 cm³/mol. The molecular weight excluding hydrogens is 237 g/mol. The van der Waals surface area contributed by atoms with E-state index in [9.17, 15) is 9.18 Å². The minimum Gasteiger partial charge on any atom is -0.491 e. The van der Waals surface area contributed by atoms with Crippen LogP contribution in [-0.2, 0) is 4.74 Å². The van der Waals surface area contributed by atoms with Crippen LogP contribution in [0.25, 0.3) is 0 Å². The molecule has 1 N–H and O–H groups in total. The molecule has 0 bridgehead atoms. The van der Waals surface area contributed by atoms with Gasteiger partial charge in [-0.3, -0.25) is 4.79 Å². The molecule has 18 heavy (non-hydrogen) atoms. The normalized spacial score (nSPS) is 19.6. The van der Waals surface area contributed by atoms with Crippen LogP contribution >= 0.6 is 0 Å². The number of rotatable bonds is 4. The smallest absolute Gasteiger partial charge is 0.182 e. The standard InChI is InChI=1S/C13H16FNO3/c1-2-18-12-4-3-9(7-10(12)14)13(16)11-8-17-6-5-15-11/h3-4,7,11,15H,2,5-6,8H2,1H3. The zero-order valence-corrected chi connectivity index (χ0v) is 10.2. The van der Waals surface area contributed by atoms with Crippen LogP contribution in [-0.4, -0.2) is 38.2 Å². The van der Waals surface area contributed by atoms with Crippen LogP contribution in [0, 0.1) is 5.82 Å². The monoisotopic (exact) mass is 253 g/mol. The van der Waals surface area contributed by atoms with Gasteiger partial charge in [-0.1, -0.05) is 0 Å². The molecule has 0 aromatic heterocycles. The van der Waals surface area contributed by atoms with Crippen LogP contribution in [0.15, 0.2) is 18.2 Å². The number of ketones is 1. The molecule has 1 saturated heterocycles. The largest absolute Gasteiger partial charge is 0.491 e. The quantitative estimate of drug-likeness (QED) is 0.824. The van der Waals surface area contributed by atoms with Crippen molar-refractivity contribution in [3.8, 4) is 5.75 Å². The van der Waals surface area contributed by atoms with E-state index in [-0.39, 0.29) is 11.5 Å². The van der Waals surface area contributed by atoms with Crippen molar-refractivity contribution in [1.29, 1.82) is 0 Å². The van der Waals surface area contributed by atoms with Gasteiger partial charge in [-0.25, -0.2) is 4.39 Å². The Morgan fingerprint density at radius 2 is 2.44 bits per heavy atom. The van der Waals surface area contributed by atoms with Gasteiger partial charge in [0.05, 0.1) is 25.9 Å². The first-order chi connectivity index (χ1) is 8.72. The van der Waals surface area contributed by atoms with E-state index in [4.69, 9.17) is 9.47 Å². The summed E-state index contributed by atoms with van der Waals surface area (Å²) >= 11 is 0. The molecule has 0 spiro atoms. The van der Waals surface area contributed by atoms with E-state index in [0.29, 0.717) is 31.9 Å². The van der Waals surface area contributed by atoms with Crippen molar-refractivity contribution in [2.75, 3.05) is 26.4 Å². The molecule has 0 radical (unpaired) electrons. The van der Waals surface area contributed by atoms with Gasteiger partial charge in [-0.15, -0.1) is 0 Å². The number of benzene rings is 1. The Morgan fingerprint density at radius 1 is 1.61 bits per heavy atom. The lowest BCUT2D eigenvalue weighted by Crippen LogP contribution is -2.46. The Bertz CT molecular complexity index is 430. The lowest BCUT2D eigenvalue weighted by atomic mass is 10.0. The topological polar surface area (TPSA) is 47.6 Å². The van der Waals surface area contributed by atoms with Crippen LogP contribution in [0.2, 0.25) is 0 Å². The molecule has 1 unspecified atom stereocenters. The van der Waals surface area contributed by atoms with E-state index in [0.717, 1.165) is 0 Å². The number of ether oxygens (including phenoxy) is 2. The number of morpholine rings is 1. The minimum absolute atomic E-state index is 0.156. The Labute approximate surface area is 105 Å². The molecule has 1 heterocycles. The molecule has 0 aliphatic carbocycles. The fourth-order valence-electron chi connectivity index (χ4n) is 1.86. The van der Waals surface area contributed by atoms with Gasteiger partial charge in [0.15, 0.2) is 17.3 Å². The van der Waals surface area contributed by atoms with Gasteiger partial charge in [0.1, 0.15) is 0 Å². The van der Waals surface area contributed by atoms with Gasteiger partial charge in [0, 0.05) is 12.1 Å². The molecule has 5 heteroatoms. The molecule has 98 valence electrons. The number of carbonyl (C=O) groups is 1. The lowest BCUT2D eigenvalue weighted by molar-refractivity contribution is 0.0607. The summed E-state index contributed by atoms with van der Waals surface area (Å²) in [5, 5.41) is 3.05. The summed E-state index contributed by atoms with van der Waals surface area (Å²) < 4.78 is 23.9. The number of carbonyl (C=O) groups excluding carboxylic acids is 1. The Morgan fingerprint density at radius 3 is 3.06 bits per heavy atom. The fourth-order valence-corrected chi connectivity index (χ4v) is 1.86. The second kappa shape index (κ2) is 5.93. The van der Waals surface area contributed by atoms with Gasteiger partial charge in [-0.05, 0) is 25.1 Å². The molecule has 1 aromatic carbocycles. The summed E-state index contributed by atoms with van der Waals surface area (Å²) in [4.78, 5) is 12.1. The first-order valence-electron chi connectivity index (χ1n) is 6.00. The third kappa shape index (κ3) is 2.86. The van der Waals surface area contributed by atoms with Crippen LogP contribution in [0.3, 0.4) is 0 Å². The molecule has 1 aliphatic rings. The van der Waals surface area contributed by atoms with E-state index in [1.165, 1.54) is 12.1 Å². The SMILES string of the molecule is CCOc1ccc(C(=O)C2COCCN2)cc1F. The summed E-state index contributed by atoms with van der Waals surface area (Å²) in [5.74, 6) is -0.502. The second-order valence-electron chi connectivity index (χ2n) is 4.02. The summed E-state index contributed by atoms with van der Waals surface area (Å²) in [6.07, 6.45) is 0. The maximum atomic E-state index is 13.6. The Kier molecular flexibility index (Phi) is 4.28. The zero-order chi connectivity index (χ0) is 13.0. The maximum Gasteiger partial charge on any atom is 0.182 e. The molecule has 1 atom stereocenters.